The van der Waals surface area contributed by atoms with E-state index < -0.39 is 94.5 Å². The number of Topliss-reactive ketones (excluding diaryl/α,β-unsaturated/α-hetero) is 1. The average Bonchev–Trinajstić information content (AvgIpc) is 2.98. The van der Waals surface area contributed by atoms with Crippen molar-refractivity contribution in [3.8, 4) is 0 Å². The second-order valence-electron chi connectivity index (χ2n) is 15.7. The van der Waals surface area contributed by atoms with Gasteiger partial charge in [-0.25, -0.2) is 4.79 Å². The fourth-order valence-electron chi connectivity index (χ4n) is 4.74. The number of carbonyl (C=O) groups is 7. The van der Waals surface area contributed by atoms with Crippen LogP contribution in [-0.4, -0.2) is 90.2 Å². The molecule has 14 nitrogen and oxygen atoms in total. The maximum Gasteiger partial charge on any atom is 0.408 e. The van der Waals surface area contributed by atoms with Crippen molar-refractivity contribution in [2.75, 3.05) is 14.1 Å². The Kier molecular flexibility index (Phi) is 15.6. The highest BCUT2D eigenvalue weighted by Crippen LogP contribution is 2.24. The van der Waals surface area contributed by atoms with Gasteiger partial charge in [-0.1, -0.05) is 78.8 Å². The van der Waals surface area contributed by atoms with Gasteiger partial charge in [-0.2, -0.15) is 0 Å². The first-order chi connectivity index (χ1) is 22.8. The van der Waals surface area contributed by atoms with E-state index >= 15 is 0 Å². The molecule has 0 bridgehead atoms. The molecule has 5 N–H and O–H groups in total. The number of amides is 6. The highest BCUT2D eigenvalue weighted by atomic mass is 16.6. The maximum atomic E-state index is 13.8. The van der Waals surface area contributed by atoms with Gasteiger partial charge in [-0.15, -0.1) is 0 Å². The average molecular weight is 703 g/mol. The summed E-state index contributed by atoms with van der Waals surface area (Å²) in [5.41, 5.74) is -1.71. The number of ether oxygens (including phenoxy) is 1. The van der Waals surface area contributed by atoms with E-state index in [1.165, 1.54) is 25.9 Å². The van der Waals surface area contributed by atoms with Crippen LogP contribution >= 0.6 is 0 Å². The van der Waals surface area contributed by atoms with Crippen LogP contribution in [0.15, 0.2) is 30.3 Å². The van der Waals surface area contributed by atoms with Gasteiger partial charge in [0.2, 0.25) is 29.4 Å². The lowest BCUT2D eigenvalue weighted by molar-refractivity contribution is -0.141. The van der Waals surface area contributed by atoms with Gasteiger partial charge in [0.25, 0.3) is 5.91 Å². The minimum Gasteiger partial charge on any atom is -0.444 e. The summed E-state index contributed by atoms with van der Waals surface area (Å²) in [6.07, 6.45) is -0.770. The first kappa shape index (κ1) is 43.5. The molecule has 1 rings (SSSR count). The van der Waals surface area contributed by atoms with Crippen molar-refractivity contribution in [1.29, 1.82) is 0 Å². The van der Waals surface area contributed by atoms with Crippen molar-refractivity contribution < 1.29 is 38.3 Å². The van der Waals surface area contributed by atoms with Gasteiger partial charge in [-0.3, -0.25) is 28.8 Å². The van der Waals surface area contributed by atoms with Crippen molar-refractivity contribution in [3.05, 3.63) is 35.9 Å². The molecular weight excluding hydrogens is 644 g/mol. The molecule has 0 aromatic heterocycles. The first-order valence-electron chi connectivity index (χ1n) is 16.8. The monoisotopic (exact) mass is 702 g/mol. The second kappa shape index (κ2) is 18.0. The Hall–Kier alpha value is -4.49. The molecule has 0 spiro atoms. The molecule has 1 aromatic rings. The molecule has 0 aliphatic heterocycles. The van der Waals surface area contributed by atoms with Gasteiger partial charge >= 0.3 is 6.09 Å². The summed E-state index contributed by atoms with van der Waals surface area (Å²) in [5.74, 6) is -4.65. The Balaban J connectivity index is 3.23. The number of carbonyl (C=O) groups excluding carboxylic acids is 7. The van der Waals surface area contributed by atoms with Crippen LogP contribution in [-0.2, 0) is 33.5 Å². The number of nitrogens with one attached hydrogen (secondary N) is 5. The number of ketones is 1. The molecule has 0 aliphatic rings. The smallest absolute Gasteiger partial charge is 0.408 e. The fraction of sp³-hybridized carbons (Fsp3) is 0.639. The van der Waals surface area contributed by atoms with E-state index in [-0.39, 0.29) is 0 Å². The molecule has 280 valence electrons. The van der Waals surface area contributed by atoms with Crippen LogP contribution in [0.25, 0.3) is 0 Å². The highest BCUT2D eigenvalue weighted by molar-refractivity contribution is 6.38. The molecule has 0 fully saturated rings. The largest absolute Gasteiger partial charge is 0.444 e. The van der Waals surface area contributed by atoms with Crippen LogP contribution in [0.4, 0.5) is 4.79 Å². The molecule has 1 aromatic carbocycles. The summed E-state index contributed by atoms with van der Waals surface area (Å²) < 4.78 is 5.34. The fourth-order valence-corrected chi connectivity index (χ4v) is 4.74. The van der Waals surface area contributed by atoms with Crippen LogP contribution < -0.4 is 26.6 Å². The SMILES string of the molecule is CC[C@@H](NC(=O)C(=O)C(C)NC(=O)[C@H](CC(=O)N(C)C)NC(=O)[C@@H](NC(=O)[C@@H](NC(=O)OC(C)(C)C)C(C)(C)C)C(C)(C)C)c1ccccc1. The van der Waals surface area contributed by atoms with Crippen LogP contribution in [0.2, 0.25) is 0 Å². The Bertz CT molecular complexity index is 1380. The number of nitrogens with zero attached hydrogens (tertiary/aromatic N) is 1. The Morgan fingerprint density at radius 2 is 1.20 bits per heavy atom. The zero-order chi connectivity index (χ0) is 38.8. The molecule has 0 heterocycles. The van der Waals surface area contributed by atoms with E-state index in [0.717, 1.165) is 5.56 Å². The zero-order valence-corrected chi connectivity index (χ0v) is 31.9. The lowest BCUT2D eigenvalue weighted by Gasteiger charge is -2.36. The summed E-state index contributed by atoms with van der Waals surface area (Å²) in [7, 11) is 2.96. The van der Waals surface area contributed by atoms with E-state index in [1.54, 1.807) is 62.3 Å². The molecule has 5 atom stereocenters. The normalized spacial score (nSPS) is 14.8. The molecule has 6 amide bonds. The molecule has 1 unspecified atom stereocenters. The Morgan fingerprint density at radius 1 is 0.700 bits per heavy atom. The van der Waals surface area contributed by atoms with Gasteiger partial charge in [-0.05, 0) is 50.5 Å². The molecule has 50 heavy (non-hydrogen) atoms. The summed E-state index contributed by atoms with van der Waals surface area (Å²) in [5, 5.41) is 13.0. The van der Waals surface area contributed by atoms with Crippen LogP contribution in [0.3, 0.4) is 0 Å². The van der Waals surface area contributed by atoms with Crippen molar-refractivity contribution >= 4 is 41.4 Å². The predicted octanol–water partition coefficient (Wildman–Crippen LogP) is 2.76. The minimum absolute atomic E-state index is 0.429. The van der Waals surface area contributed by atoms with Gasteiger partial charge in [0.05, 0.1) is 18.5 Å². The van der Waals surface area contributed by atoms with Crippen LogP contribution in [0.5, 0.6) is 0 Å². The third-order valence-electron chi connectivity index (χ3n) is 7.61. The Morgan fingerprint density at radius 3 is 1.66 bits per heavy atom. The second-order valence-corrected chi connectivity index (χ2v) is 15.7. The predicted molar refractivity (Wildman–Crippen MR) is 189 cm³/mol. The maximum absolute atomic E-state index is 13.8. The molecule has 0 radical (unpaired) electrons. The van der Waals surface area contributed by atoms with Crippen LogP contribution in [0, 0.1) is 10.8 Å². The minimum atomic E-state index is -1.47. The summed E-state index contributed by atoms with van der Waals surface area (Å²) >= 11 is 0. The molecule has 0 saturated heterocycles. The van der Waals surface area contributed by atoms with Crippen molar-refractivity contribution in [2.45, 2.75) is 125 Å². The third-order valence-corrected chi connectivity index (χ3v) is 7.61. The number of hydrogen-bond donors (Lipinski definition) is 5. The van der Waals surface area contributed by atoms with Crippen molar-refractivity contribution in [2.24, 2.45) is 10.8 Å². The quantitative estimate of drug-likeness (QED) is 0.183. The standard InChI is InChI=1S/C36H58N6O8/c1-14-23(22-18-16-15-17-19-22)38-30(46)26(44)21(2)37-29(45)24(20-25(43)42(12)13)39-31(47)27(34(3,4)5)40-32(48)28(35(6,7)8)41-33(49)50-36(9,10)11/h15-19,21,23-24,27-28H,14,20H2,1-13H3,(H,37,45)(H,38,46)(H,39,47)(H,40,48)(H,41,49)/t21?,23-,24+,27-,28-/m1/s1. The van der Waals surface area contributed by atoms with Crippen molar-refractivity contribution in [1.82, 2.24) is 31.5 Å². The summed E-state index contributed by atoms with van der Waals surface area (Å²) in [4.78, 5) is 93.4. The van der Waals surface area contributed by atoms with Crippen molar-refractivity contribution in [3.63, 3.8) is 0 Å². The topological polar surface area (TPSA) is 192 Å². The molecule has 0 aliphatic carbocycles. The van der Waals surface area contributed by atoms with Gasteiger partial charge in [0, 0.05) is 14.1 Å². The summed E-state index contributed by atoms with van der Waals surface area (Å²) in [6.45, 7) is 18.6. The number of hydrogen-bond acceptors (Lipinski definition) is 8. The Labute approximate surface area is 296 Å². The zero-order valence-electron chi connectivity index (χ0n) is 31.9. The first-order valence-corrected chi connectivity index (χ1v) is 16.8. The number of alkyl carbamates (subject to hydrolysis) is 1. The van der Waals surface area contributed by atoms with Gasteiger partial charge < -0.3 is 36.2 Å². The van der Waals surface area contributed by atoms with E-state index in [2.05, 4.69) is 26.6 Å². The molecular formula is C36H58N6O8. The lowest BCUT2D eigenvalue weighted by Crippen LogP contribution is -2.63. The van der Waals surface area contributed by atoms with Gasteiger partial charge in [0.1, 0.15) is 23.7 Å². The number of benzene rings is 1. The third kappa shape index (κ3) is 14.2. The van der Waals surface area contributed by atoms with E-state index in [1.807, 2.05) is 37.3 Å². The summed E-state index contributed by atoms with van der Waals surface area (Å²) in [6, 6.07) is 3.58. The van der Waals surface area contributed by atoms with E-state index in [4.69, 9.17) is 4.74 Å². The van der Waals surface area contributed by atoms with Crippen LogP contribution in [0.1, 0.15) is 101 Å². The number of rotatable bonds is 14. The van der Waals surface area contributed by atoms with E-state index in [0.29, 0.717) is 6.42 Å². The highest BCUT2D eigenvalue weighted by Gasteiger charge is 2.41. The van der Waals surface area contributed by atoms with E-state index in [9.17, 15) is 33.6 Å². The lowest BCUT2D eigenvalue weighted by atomic mass is 9.83. The molecule has 0 saturated carbocycles. The van der Waals surface area contributed by atoms with Gasteiger partial charge in [0.15, 0.2) is 0 Å². The molecule has 14 heteroatoms.